The number of rotatable bonds is 4. The monoisotopic (exact) mass is 379 g/mol. The van der Waals surface area contributed by atoms with Crippen molar-refractivity contribution >= 4 is 28.7 Å². The summed E-state index contributed by atoms with van der Waals surface area (Å²) in [6.45, 7) is 0. The number of nitrogens with two attached hydrogens (primary N) is 1. The summed E-state index contributed by atoms with van der Waals surface area (Å²) in [6.07, 6.45) is 0. The first-order valence-electron chi connectivity index (χ1n) is 8.41. The van der Waals surface area contributed by atoms with Gasteiger partial charge >= 0.3 is 6.03 Å². The average Bonchev–Trinajstić information content (AvgIpc) is 3.05. The largest absolute Gasteiger partial charge is 0.493 e. The molecular formula is C19H17N5O4. The Labute approximate surface area is 159 Å². The van der Waals surface area contributed by atoms with Crippen LogP contribution in [0.15, 0.2) is 36.4 Å². The Kier molecular flexibility index (Phi) is 4.19. The zero-order valence-corrected chi connectivity index (χ0v) is 15.1. The van der Waals surface area contributed by atoms with Crippen LogP contribution in [-0.2, 0) is 4.79 Å². The molecule has 4 rings (SSSR count). The van der Waals surface area contributed by atoms with Gasteiger partial charge < -0.3 is 20.5 Å². The number of nitrogen functional groups attached to an aromatic ring is 1. The summed E-state index contributed by atoms with van der Waals surface area (Å²) in [7, 11) is 3.09. The minimum absolute atomic E-state index is 0.312. The molecule has 3 amide bonds. The van der Waals surface area contributed by atoms with Gasteiger partial charge in [0.05, 0.1) is 19.7 Å². The fourth-order valence-electron chi connectivity index (χ4n) is 3.08. The van der Waals surface area contributed by atoms with E-state index in [0.29, 0.717) is 39.6 Å². The number of amides is 3. The van der Waals surface area contributed by atoms with Crippen LogP contribution < -0.4 is 25.8 Å². The molecule has 0 bridgehead atoms. The predicted molar refractivity (Wildman–Crippen MR) is 102 cm³/mol. The molecule has 9 heteroatoms. The van der Waals surface area contributed by atoms with Gasteiger partial charge in [-0.1, -0.05) is 24.3 Å². The van der Waals surface area contributed by atoms with E-state index in [2.05, 4.69) is 20.6 Å². The number of urea groups is 1. The van der Waals surface area contributed by atoms with E-state index < -0.39 is 12.1 Å². The van der Waals surface area contributed by atoms with Gasteiger partial charge in [-0.2, -0.15) is 0 Å². The first-order chi connectivity index (χ1) is 13.5. The molecule has 0 aliphatic carbocycles. The van der Waals surface area contributed by atoms with Crippen LogP contribution in [0.4, 0.5) is 10.6 Å². The number of nitrogens with zero attached hydrogens (tertiary/aromatic N) is 2. The highest BCUT2D eigenvalue weighted by atomic mass is 16.5. The Morgan fingerprint density at radius 3 is 2.29 bits per heavy atom. The summed E-state index contributed by atoms with van der Waals surface area (Å²) in [5.74, 6) is 1.44. The summed E-state index contributed by atoms with van der Waals surface area (Å²) in [5, 5.41) is 5.42. The molecular weight excluding hydrogens is 362 g/mol. The molecule has 1 fully saturated rings. The third-order valence-corrected chi connectivity index (χ3v) is 4.51. The molecule has 2 heterocycles. The Bertz CT molecular complexity index is 1100. The van der Waals surface area contributed by atoms with Gasteiger partial charge in [-0.15, -0.1) is 0 Å². The second-order valence-electron chi connectivity index (χ2n) is 6.17. The van der Waals surface area contributed by atoms with Gasteiger partial charge in [-0.05, 0) is 11.6 Å². The van der Waals surface area contributed by atoms with Gasteiger partial charge in [-0.3, -0.25) is 10.1 Å². The molecule has 1 aliphatic rings. The molecule has 2 aromatic carbocycles. The topological polar surface area (TPSA) is 128 Å². The molecule has 0 saturated carbocycles. The lowest BCUT2D eigenvalue weighted by Crippen LogP contribution is -2.22. The standard InChI is InChI=1S/C19H17N5O4/c1-27-13-7-11-12(8-14(13)28-2)21-17(23-16(11)20)10-5-3-9(4-6-10)15-18(25)24-19(26)22-15/h3-8,15H,1-2H3,(H2,20,21,23)(H2,22,24,25,26)/t15-/m0/s1. The van der Waals surface area contributed by atoms with E-state index in [1.165, 1.54) is 0 Å². The molecule has 4 N–H and O–H groups in total. The van der Waals surface area contributed by atoms with Crippen LogP contribution in [0.1, 0.15) is 11.6 Å². The van der Waals surface area contributed by atoms with Gasteiger partial charge in [-0.25, -0.2) is 14.8 Å². The quantitative estimate of drug-likeness (QED) is 0.589. The van der Waals surface area contributed by atoms with Gasteiger partial charge in [0.25, 0.3) is 5.91 Å². The number of nitrogens with one attached hydrogen (secondary N) is 2. The number of anilines is 1. The maximum atomic E-state index is 11.8. The highest BCUT2D eigenvalue weighted by molar-refractivity contribution is 6.04. The molecule has 28 heavy (non-hydrogen) atoms. The van der Waals surface area contributed by atoms with E-state index in [1.807, 2.05) is 0 Å². The molecule has 9 nitrogen and oxygen atoms in total. The Balaban J connectivity index is 1.72. The van der Waals surface area contributed by atoms with Gasteiger partial charge in [0, 0.05) is 17.0 Å². The second-order valence-corrected chi connectivity index (χ2v) is 6.17. The number of aromatic nitrogens is 2. The number of carbonyl (C=O) groups is 2. The summed E-state index contributed by atoms with van der Waals surface area (Å²) >= 11 is 0. The predicted octanol–water partition coefficient (Wildman–Crippen LogP) is 1.78. The average molecular weight is 379 g/mol. The van der Waals surface area contributed by atoms with Crippen LogP contribution in [-0.4, -0.2) is 36.1 Å². The number of imide groups is 1. The summed E-state index contributed by atoms with van der Waals surface area (Å²) in [4.78, 5) is 32.0. The van der Waals surface area contributed by atoms with Crippen molar-refractivity contribution in [2.24, 2.45) is 0 Å². The molecule has 3 aromatic rings. The number of hydrogen-bond acceptors (Lipinski definition) is 7. The van der Waals surface area contributed by atoms with E-state index in [0.717, 1.165) is 5.56 Å². The molecule has 1 saturated heterocycles. The molecule has 1 aliphatic heterocycles. The molecule has 0 spiro atoms. The molecule has 0 radical (unpaired) electrons. The maximum Gasteiger partial charge on any atom is 0.322 e. The van der Waals surface area contributed by atoms with E-state index in [4.69, 9.17) is 15.2 Å². The number of carbonyl (C=O) groups excluding carboxylic acids is 2. The van der Waals surface area contributed by atoms with E-state index in [9.17, 15) is 9.59 Å². The van der Waals surface area contributed by atoms with Crippen molar-refractivity contribution in [2.75, 3.05) is 20.0 Å². The second kappa shape index (κ2) is 6.69. The molecule has 1 aromatic heterocycles. The zero-order valence-electron chi connectivity index (χ0n) is 15.1. The van der Waals surface area contributed by atoms with Crippen LogP contribution in [0.2, 0.25) is 0 Å². The number of fused-ring (bicyclic) bond motifs is 1. The normalized spacial score (nSPS) is 16.0. The fraction of sp³-hybridized carbons (Fsp3) is 0.158. The van der Waals surface area contributed by atoms with Crippen molar-refractivity contribution < 1.29 is 19.1 Å². The Morgan fingerprint density at radius 1 is 1.00 bits per heavy atom. The van der Waals surface area contributed by atoms with E-state index >= 15 is 0 Å². The third kappa shape index (κ3) is 2.92. The maximum absolute atomic E-state index is 11.8. The van der Waals surface area contributed by atoms with Crippen molar-refractivity contribution in [1.82, 2.24) is 20.6 Å². The highest BCUT2D eigenvalue weighted by Gasteiger charge is 2.30. The van der Waals surface area contributed by atoms with Crippen molar-refractivity contribution in [3.05, 3.63) is 42.0 Å². The minimum Gasteiger partial charge on any atom is -0.493 e. The van der Waals surface area contributed by atoms with E-state index in [1.54, 1.807) is 50.6 Å². The van der Waals surface area contributed by atoms with Crippen LogP contribution in [0.5, 0.6) is 11.5 Å². The Morgan fingerprint density at radius 2 is 1.68 bits per heavy atom. The van der Waals surface area contributed by atoms with Crippen LogP contribution >= 0.6 is 0 Å². The molecule has 0 unspecified atom stereocenters. The zero-order chi connectivity index (χ0) is 19.8. The third-order valence-electron chi connectivity index (χ3n) is 4.51. The van der Waals surface area contributed by atoms with Crippen LogP contribution in [0.25, 0.3) is 22.3 Å². The fourth-order valence-corrected chi connectivity index (χ4v) is 3.08. The Hall–Kier alpha value is -3.88. The number of hydrogen-bond donors (Lipinski definition) is 3. The summed E-state index contributed by atoms with van der Waals surface area (Å²) in [6, 6.07) is 9.28. The van der Waals surface area contributed by atoms with Crippen molar-refractivity contribution in [3.8, 4) is 22.9 Å². The van der Waals surface area contributed by atoms with Crippen molar-refractivity contribution in [3.63, 3.8) is 0 Å². The molecule has 142 valence electrons. The number of ether oxygens (including phenoxy) is 2. The van der Waals surface area contributed by atoms with Crippen molar-refractivity contribution in [1.29, 1.82) is 0 Å². The van der Waals surface area contributed by atoms with Crippen LogP contribution in [0.3, 0.4) is 0 Å². The lowest BCUT2D eigenvalue weighted by atomic mass is 10.0. The SMILES string of the molecule is COc1cc2nc(-c3ccc([C@@H]4NC(=O)NC4=O)cc3)nc(N)c2cc1OC. The smallest absolute Gasteiger partial charge is 0.322 e. The highest BCUT2D eigenvalue weighted by Crippen LogP contribution is 2.34. The van der Waals surface area contributed by atoms with Crippen molar-refractivity contribution in [2.45, 2.75) is 6.04 Å². The lowest BCUT2D eigenvalue weighted by Gasteiger charge is -2.12. The number of benzene rings is 2. The van der Waals surface area contributed by atoms with Gasteiger partial charge in [0.15, 0.2) is 17.3 Å². The summed E-state index contributed by atoms with van der Waals surface area (Å²) in [5.41, 5.74) is 8.12. The van der Waals surface area contributed by atoms with Crippen LogP contribution in [0, 0.1) is 0 Å². The van der Waals surface area contributed by atoms with E-state index in [-0.39, 0.29) is 5.91 Å². The number of methoxy groups -OCH3 is 2. The first-order valence-corrected chi connectivity index (χ1v) is 8.41. The summed E-state index contributed by atoms with van der Waals surface area (Å²) < 4.78 is 10.6. The van der Waals surface area contributed by atoms with Gasteiger partial charge in [0.1, 0.15) is 11.9 Å². The first kappa shape index (κ1) is 17.5. The minimum atomic E-state index is -0.708. The van der Waals surface area contributed by atoms with Gasteiger partial charge in [0.2, 0.25) is 0 Å². The lowest BCUT2D eigenvalue weighted by molar-refractivity contribution is -0.120. The molecule has 1 atom stereocenters.